The van der Waals surface area contributed by atoms with Crippen molar-refractivity contribution in [1.82, 2.24) is 9.69 Å². The summed E-state index contributed by atoms with van der Waals surface area (Å²) in [6.07, 6.45) is 3.47. The van der Waals surface area contributed by atoms with Gasteiger partial charge in [0.2, 0.25) is 0 Å². The molecule has 0 saturated carbocycles. The van der Waals surface area contributed by atoms with Crippen LogP contribution in [-0.2, 0) is 4.74 Å². The van der Waals surface area contributed by atoms with Gasteiger partial charge in [-0.15, -0.1) is 0 Å². The van der Waals surface area contributed by atoms with E-state index in [0.717, 1.165) is 42.1 Å². The predicted octanol–water partition coefficient (Wildman–Crippen LogP) is 4.78. The Balaban J connectivity index is 2.13. The van der Waals surface area contributed by atoms with Gasteiger partial charge in [0.15, 0.2) is 0 Å². The summed E-state index contributed by atoms with van der Waals surface area (Å²) in [6, 6.07) is 3.67. The first-order valence-electron chi connectivity index (χ1n) is 8.37. The van der Waals surface area contributed by atoms with E-state index in [-0.39, 0.29) is 5.57 Å². The maximum absolute atomic E-state index is 14.2. The molecule has 2 aromatic rings. The average Bonchev–Trinajstić information content (AvgIpc) is 3.04. The SMILES string of the molecule is C=C(F)/C(=C(\C=C/C)OC)c1cc2nsc(N3CCNCC3)c2cc1Cl. The van der Waals surface area contributed by atoms with E-state index in [1.807, 2.05) is 19.1 Å². The molecule has 0 aliphatic carbocycles. The third-order valence-electron chi connectivity index (χ3n) is 4.28. The zero-order valence-corrected chi connectivity index (χ0v) is 16.4. The molecule has 0 amide bonds. The molecule has 1 aromatic heterocycles. The number of nitrogens with zero attached hydrogens (tertiary/aromatic N) is 2. The lowest BCUT2D eigenvalue weighted by Gasteiger charge is -2.28. The molecule has 1 aliphatic heterocycles. The zero-order valence-electron chi connectivity index (χ0n) is 14.8. The van der Waals surface area contributed by atoms with Crippen LogP contribution in [0.5, 0.6) is 0 Å². The number of anilines is 1. The van der Waals surface area contributed by atoms with Crippen molar-refractivity contribution in [3.05, 3.63) is 53.0 Å². The van der Waals surface area contributed by atoms with Crippen LogP contribution in [0.3, 0.4) is 0 Å². The Bertz CT molecular complexity index is 884. The van der Waals surface area contributed by atoms with Gasteiger partial charge in [0, 0.05) is 42.2 Å². The van der Waals surface area contributed by atoms with Crippen LogP contribution in [-0.4, -0.2) is 37.7 Å². The molecule has 1 aromatic carbocycles. The number of fused-ring (bicyclic) bond motifs is 1. The van der Waals surface area contributed by atoms with Gasteiger partial charge in [0.05, 0.1) is 18.2 Å². The first-order chi connectivity index (χ1) is 12.6. The van der Waals surface area contributed by atoms with Crippen molar-refractivity contribution in [3.63, 3.8) is 0 Å². The van der Waals surface area contributed by atoms with Gasteiger partial charge in [-0.25, -0.2) is 4.39 Å². The molecule has 0 bridgehead atoms. The second kappa shape index (κ2) is 8.20. The summed E-state index contributed by atoms with van der Waals surface area (Å²) >= 11 is 7.98. The molecule has 138 valence electrons. The van der Waals surface area contributed by atoms with E-state index in [0.29, 0.717) is 16.3 Å². The molecular formula is C19H21ClFN3OS. The Kier molecular flexibility index (Phi) is 5.96. The highest BCUT2D eigenvalue weighted by molar-refractivity contribution is 7.11. The second-order valence-corrected chi connectivity index (χ2v) is 7.08. The van der Waals surface area contributed by atoms with Gasteiger partial charge < -0.3 is 15.0 Å². The number of allylic oxidation sites excluding steroid dienone is 4. The highest BCUT2D eigenvalue weighted by atomic mass is 35.5. The van der Waals surface area contributed by atoms with Gasteiger partial charge in [-0.05, 0) is 36.7 Å². The molecular weight excluding hydrogens is 373 g/mol. The minimum Gasteiger partial charge on any atom is -0.496 e. The molecule has 26 heavy (non-hydrogen) atoms. The van der Waals surface area contributed by atoms with Gasteiger partial charge >= 0.3 is 0 Å². The van der Waals surface area contributed by atoms with Gasteiger partial charge in [0.25, 0.3) is 0 Å². The van der Waals surface area contributed by atoms with E-state index < -0.39 is 5.83 Å². The molecule has 0 spiro atoms. The third kappa shape index (κ3) is 3.63. The highest BCUT2D eigenvalue weighted by Crippen LogP contribution is 2.39. The fourth-order valence-corrected chi connectivity index (χ4v) is 4.21. The monoisotopic (exact) mass is 393 g/mol. The van der Waals surface area contributed by atoms with Crippen LogP contribution in [0.15, 0.2) is 42.4 Å². The molecule has 1 saturated heterocycles. The Morgan fingerprint density at radius 1 is 1.42 bits per heavy atom. The van der Waals surface area contributed by atoms with Crippen molar-refractivity contribution in [2.45, 2.75) is 6.92 Å². The number of methoxy groups -OCH3 is 1. The fraction of sp³-hybridized carbons (Fsp3) is 0.316. The minimum absolute atomic E-state index is 0.245. The van der Waals surface area contributed by atoms with Crippen LogP contribution in [0, 0.1) is 0 Å². The van der Waals surface area contributed by atoms with Crippen LogP contribution in [0.1, 0.15) is 12.5 Å². The Morgan fingerprint density at radius 2 is 2.15 bits per heavy atom. The molecule has 0 atom stereocenters. The summed E-state index contributed by atoms with van der Waals surface area (Å²) in [5.41, 5.74) is 1.56. The summed E-state index contributed by atoms with van der Waals surface area (Å²) in [6.45, 7) is 9.04. The van der Waals surface area contributed by atoms with Crippen molar-refractivity contribution in [2.24, 2.45) is 0 Å². The fourth-order valence-electron chi connectivity index (χ4n) is 3.06. The lowest BCUT2D eigenvalue weighted by molar-refractivity contribution is 0.308. The van der Waals surface area contributed by atoms with E-state index in [2.05, 4.69) is 21.2 Å². The number of benzene rings is 1. The topological polar surface area (TPSA) is 37.4 Å². The summed E-state index contributed by atoms with van der Waals surface area (Å²) in [4.78, 5) is 2.30. The van der Waals surface area contributed by atoms with Crippen molar-refractivity contribution in [1.29, 1.82) is 0 Å². The molecule has 7 heteroatoms. The second-order valence-electron chi connectivity index (χ2n) is 5.92. The predicted molar refractivity (Wildman–Crippen MR) is 109 cm³/mol. The summed E-state index contributed by atoms with van der Waals surface area (Å²) < 4.78 is 24.1. The Labute approximate surface area is 161 Å². The van der Waals surface area contributed by atoms with Crippen LogP contribution >= 0.6 is 23.1 Å². The Morgan fingerprint density at radius 3 is 2.77 bits per heavy atom. The molecule has 0 radical (unpaired) electrons. The van der Waals surface area contributed by atoms with Crippen molar-refractivity contribution >= 4 is 44.6 Å². The molecule has 0 unspecified atom stereocenters. The van der Waals surface area contributed by atoms with Crippen molar-refractivity contribution in [3.8, 4) is 0 Å². The highest BCUT2D eigenvalue weighted by Gasteiger charge is 2.21. The van der Waals surface area contributed by atoms with Crippen molar-refractivity contribution in [2.75, 3.05) is 38.2 Å². The molecule has 1 aliphatic rings. The number of aromatic nitrogens is 1. The van der Waals surface area contributed by atoms with Crippen LogP contribution in [0.4, 0.5) is 9.39 Å². The van der Waals surface area contributed by atoms with Gasteiger partial charge in [0.1, 0.15) is 16.6 Å². The van der Waals surface area contributed by atoms with Crippen LogP contribution in [0.25, 0.3) is 16.5 Å². The number of ether oxygens (including phenoxy) is 1. The molecule has 1 fully saturated rings. The Hall–Kier alpha value is -1.89. The average molecular weight is 394 g/mol. The first kappa shape index (κ1) is 18.9. The number of hydrogen-bond acceptors (Lipinski definition) is 5. The maximum atomic E-state index is 14.2. The summed E-state index contributed by atoms with van der Waals surface area (Å²) in [5.74, 6) is -0.224. The van der Waals surface area contributed by atoms with Crippen molar-refractivity contribution < 1.29 is 9.13 Å². The molecule has 2 heterocycles. The number of rotatable bonds is 5. The van der Waals surface area contributed by atoms with E-state index >= 15 is 0 Å². The van der Waals surface area contributed by atoms with Crippen LogP contribution < -0.4 is 10.2 Å². The number of halogens is 2. The molecule has 3 rings (SSSR count). The lowest BCUT2D eigenvalue weighted by atomic mass is 10.0. The quantitative estimate of drug-likeness (QED) is 0.586. The first-order valence-corrected chi connectivity index (χ1v) is 9.52. The minimum atomic E-state index is -0.598. The van der Waals surface area contributed by atoms with E-state index in [9.17, 15) is 4.39 Å². The number of hydrogen-bond donors (Lipinski definition) is 1. The molecule has 1 N–H and O–H groups in total. The van der Waals surface area contributed by atoms with E-state index in [4.69, 9.17) is 16.3 Å². The van der Waals surface area contributed by atoms with Gasteiger partial charge in [-0.3, -0.25) is 0 Å². The third-order valence-corrected chi connectivity index (χ3v) is 5.53. The number of nitrogens with one attached hydrogen (secondary N) is 1. The van der Waals surface area contributed by atoms with Gasteiger partial charge in [-0.1, -0.05) is 24.3 Å². The summed E-state index contributed by atoms with van der Waals surface area (Å²) in [5, 5.41) is 5.87. The number of piperazine rings is 1. The zero-order chi connectivity index (χ0) is 18.7. The molecule has 4 nitrogen and oxygen atoms in total. The lowest BCUT2D eigenvalue weighted by Crippen LogP contribution is -2.43. The van der Waals surface area contributed by atoms with E-state index in [1.54, 1.807) is 12.2 Å². The maximum Gasteiger partial charge on any atom is 0.129 e. The normalized spacial score (nSPS) is 16.2. The largest absolute Gasteiger partial charge is 0.496 e. The standard InChI is InChI=1S/C19H21ClFN3OS/c1-4-5-17(25-3)18(12(2)21)13-11-16-14(10-15(13)20)19(26-23-16)24-8-6-22-7-9-24/h4-5,10-11,22H,2,6-9H2,1,3H3/b5-4-,18-17-. The van der Waals surface area contributed by atoms with Gasteiger partial charge in [-0.2, -0.15) is 4.37 Å². The summed E-state index contributed by atoms with van der Waals surface area (Å²) in [7, 11) is 1.50. The van der Waals surface area contributed by atoms with E-state index in [1.165, 1.54) is 18.6 Å². The smallest absolute Gasteiger partial charge is 0.129 e. The van der Waals surface area contributed by atoms with Crippen LogP contribution in [0.2, 0.25) is 5.02 Å².